The first-order chi connectivity index (χ1) is 6.63. The van der Waals surface area contributed by atoms with Crippen molar-refractivity contribution in [3.8, 4) is 0 Å². The van der Waals surface area contributed by atoms with Crippen molar-refractivity contribution in [3.05, 3.63) is 0 Å². The molecule has 3 atom stereocenters. The van der Waals surface area contributed by atoms with Crippen molar-refractivity contribution in [1.82, 2.24) is 5.32 Å². The van der Waals surface area contributed by atoms with Crippen LogP contribution in [0.3, 0.4) is 0 Å². The summed E-state index contributed by atoms with van der Waals surface area (Å²) in [6.45, 7) is 4.02. The van der Waals surface area contributed by atoms with Crippen molar-refractivity contribution >= 4 is 5.78 Å². The molecule has 2 heteroatoms. The van der Waals surface area contributed by atoms with Gasteiger partial charge in [0.2, 0.25) is 0 Å². The van der Waals surface area contributed by atoms with Gasteiger partial charge in [0.1, 0.15) is 5.78 Å². The molecule has 0 saturated heterocycles. The fourth-order valence-electron chi connectivity index (χ4n) is 2.59. The number of rotatable bonds is 4. The number of Topliss-reactive ketones (excluding diaryl/α,β-unsaturated/α-hetero) is 1. The zero-order valence-electron chi connectivity index (χ0n) is 9.68. The van der Waals surface area contributed by atoms with Crippen LogP contribution >= 0.6 is 0 Å². The minimum atomic E-state index is 0.0882. The summed E-state index contributed by atoms with van der Waals surface area (Å²) >= 11 is 0. The Morgan fingerprint density at radius 1 is 1.50 bits per heavy atom. The first kappa shape index (κ1) is 11.7. The third-order valence-electron chi connectivity index (χ3n) is 3.45. The van der Waals surface area contributed by atoms with Crippen LogP contribution in [0.1, 0.15) is 46.0 Å². The Kier molecular flexibility index (Phi) is 4.59. The first-order valence-corrected chi connectivity index (χ1v) is 5.81. The predicted molar refractivity (Wildman–Crippen MR) is 59.3 cm³/mol. The van der Waals surface area contributed by atoms with Crippen molar-refractivity contribution in [1.29, 1.82) is 0 Å². The summed E-state index contributed by atoms with van der Waals surface area (Å²) in [5.41, 5.74) is 0. The van der Waals surface area contributed by atoms with Gasteiger partial charge in [0, 0.05) is 0 Å². The molecule has 1 aliphatic rings. The van der Waals surface area contributed by atoms with E-state index in [1.165, 1.54) is 25.7 Å². The van der Waals surface area contributed by atoms with Crippen LogP contribution in [0.5, 0.6) is 0 Å². The van der Waals surface area contributed by atoms with Crippen LogP contribution in [-0.4, -0.2) is 18.9 Å². The highest BCUT2D eigenvalue weighted by molar-refractivity contribution is 5.81. The molecule has 0 aromatic heterocycles. The van der Waals surface area contributed by atoms with E-state index in [0.29, 0.717) is 0 Å². The summed E-state index contributed by atoms with van der Waals surface area (Å²) < 4.78 is 0. The second-order valence-corrected chi connectivity index (χ2v) is 4.83. The second kappa shape index (κ2) is 5.50. The molecule has 14 heavy (non-hydrogen) atoms. The molecule has 1 N–H and O–H groups in total. The van der Waals surface area contributed by atoms with E-state index in [1.54, 1.807) is 6.92 Å². The summed E-state index contributed by atoms with van der Waals surface area (Å²) in [5, 5.41) is 3.11. The van der Waals surface area contributed by atoms with Crippen LogP contribution in [-0.2, 0) is 4.79 Å². The van der Waals surface area contributed by atoms with Gasteiger partial charge in [-0.2, -0.15) is 0 Å². The molecule has 0 spiro atoms. The highest BCUT2D eigenvalue weighted by Crippen LogP contribution is 2.31. The third-order valence-corrected chi connectivity index (χ3v) is 3.45. The smallest absolute Gasteiger partial charge is 0.146 e. The highest BCUT2D eigenvalue weighted by atomic mass is 16.1. The molecule has 0 aliphatic heterocycles. The van der Waals surface area contributed by atoms with E-state index in [1.807, 2.05) is 7.05 Å². The van der Waals surface area contributed by atoms with Gasteiger partial charge in [0.05, 0.1) is 6.04 Å². The molecule has 1 rings (SSSR count). The number of hydrogen-bond donors (Lipinski definition) is 1. The van der Waals surface area contributed by atoms with Gasteiger partial charge in [-0.15, -0.1) is 0 Å². The highest BCUT2D eigenvalue weighted by Gasteiger charge is 2.23. The zero-order chi connectivity index (χ0) is 10.6. The van der Waals surface area contributed by atoms with E-state index in [-0.39, 0.29) is 11.8 Å². The van der Waals surface area contributed by atoms with E-state index < -0.39 is 0 Å². The monoisotopic (exact) mass is 197 g/mol. The lowest BCUT2D eigenvalue weighted by Gasteiger charge is -2.28. The normalized spacial score (nSPS) is 29.9. The number of nitrogens with one attached hydrogen (secondary N) is 1. The molecule has 1 aliphatic carbocycles. The molecule has 3 unspecified atom stereocenters. The van der Waals surface area contributed by atoms with Gasteiger partial charge in [0.25, 0.3) is 0 Å². The van der Waals surface area contributed by atoms with E-state index in [4.69, 9.17) is 0 Å². The van der Waals surface area contributed by atoms with Crippen LogP contribution in [0.2, 0.25) is 0 Å². The fourth-order valence-corrected chi connectivity index (χ4v) is 2.59. The minimum Gasteiger partial charge on any atom is -0.311 e. The molecule has 0 heterocycles. The average molecular weight is 197 g/mol. The predicted octanol–water partition coefficient (Wildman–Crippen LogP) is 2.38. The molecule has 0 radical (unpaired) electrons. The van der Waals surface area contributed by atoms with Crippen LogP contribution in [0.15, 0.2) is 0 Å². The van der Waals surface area contributed by atoms with E-state index in [2.05, 4.69) is 12.2 Å². The Morgan fingerprint density at radius 3 is 2.71 bits per heavy atom. The van der Waals surface area contributed by atoms with Crippen LogP contribution in [0.4, 0.5) is 0 Å². The zero-order valence-corrected chi connectivity index (χ0v) is 9.68. The minimum absolute atomic E-state index is 0.0882. The average Bonchev–Trinajstić information content (AvgIpc) is 2.14. The summed E-state index contributed by atoms with van der Waals surface area (Å²) in [5.74, 6) is 1.91. The van der Waals surface area contributed by atoms with Gasteiger partial charge in [-0.25, -0.2) is 0 Å². The molecular weight excluding hydrogens is 174 g/mol. The second-order valence-electron chi connectivity index (χ2n) is 4.83. The fraction of sp³-hybridized carbons (Fsp3) is 0.917. The maximum Gasteiger partial charge on any atom is 0.146 e. The maximum absolute atomic E-state index is 11.3. The quantitative estimate of drug-likeness (QED) is 0.749. The molecule has 1 saturated carbocycles. The maximum atomic E-state index is 11.3. The number of ketones is 1. The van der Waals surface area contributed by atoms with E-state index >= 15 is 0 Å². The van der Waals surface area contributed by atoms with Crippen molar-refractivity contribution in [2.45, 2.75) is 52.0 Å². The third kappa shape index (κ3) is 3.41. The van der Waals surface area contributed by atoms with Crippen molar-refractivity contribution in [3.63, 3.8) is 0 Å². The Bertz CT molecular complexity index is 191. The summed E-state index contributed by atoms with van der Waals surface area (Å²) in [6, 6.07) is 0.0882. The molecule has 0 amide bonds. The molecule has 2 nitrogen and oxygen atoms in total. The number of hydrogen-bond acceptors (Lipinski definition) is 2. The summed E-state index contributed by atoms with van der Waals surface area (Å²) in [4.78, 5) is 11.3. The van der Waals surface area contributed by atoms with Gasteiger partial charge in [-0.05, 0) is 38.6 Å². The topological polar surface area (TPSA) is 29.1 Å². The molecular formula is C12H23NO. The number of likely N-dealkylation sites (N-methyl/N-ethyl adjacent to an activating group) is 1. The van der Waals surface area contributed by atoms with Gasteiger partial charge in [-0.1, -0.05) is 26.2 Å². The molecule has 82 valence electrons. The first-order valence-electron chi connectivity index (χ1n) is 5.81. The Labute approximate surface area is 87.5 Å². The van der Waals surface area contributed by atoms with Gasteiger partial charge in [-0.3, -0.25) is 4.79 Å². The number of carbonyl (C=O) groups is 1. The van der Waals surface area contributed by atoms with Crippen LogP contribution in [0, 0.1) is 11.8 Å². The van der Waals surface area contributed by atoms with Crippen LogP contribution < -0.4 is 5.32 Å². The largest absolute Gasteiger partial charge is 0.311 e. The molecule has 1 fully saturated rings. The molecule has 0 aromatic rings. The number of carbonyl (C=O) groups excluding carboxylic acids is 1. The van der Waals surface area contributed by atoms with E-state index in [0.717, 1.165) is 18.3 Å². The van der Waals surface area contributed by atoms with Crippen molar-refractivity contribution in [2.75, 3.05) is 7.05 Å². The summed E-state index contributed by atoms with van der Waals surface area (Å²) in [7, 11) is 1.89. The van der Waals surface area contributed by atoms with Gasteiger partial charge >= 0.3 is 0 Å². The lowest BCUT2D eigenvalue weighted by molar-refractivity contribution is -0.119. The van der Waals surface area contributed by atoms with Crippen molar-refractivity contribution < 1.29 is 4.79 Å². The molecule has 0 bridgehead atoms. The SMILES string of the molecule is CNC(CC1CCCC(C)C1)C(C)=O. The lowest BCUT2D eigenvalue weighted by Crippen LogP contribution is -2.35. The van der Waals surface area contributed by atoms with Crippen LogP contribution in [0.25, 0.3) is 0 Å². The Hall–Kier alpha value is -0.370. The van der Waals surface area contributed by atoms with Crippen molar-refractivity contribution in [2.24, 2.45) is 11.8 Å². The Morgan fingerprint density at radius 2 is 2.21 bits per heavy atom. The lowest BCUT2D eigenvalue weighted by atomic mass is 9.79. The van der Waals surface area contributed by atoms with E-state index in [9.17, 15) is 4.79 Å². The van der Waals surface area contributed by atoms with Gasteiger partial charge in [0.15, 0.2) is 0 Å². The summed E-state index contributed by atoms with van der Waals surface area (Å²) in [6.07, 6.45) is 6.39. The van der Waals surface area contributed by atoms with Gasteiger partial charge < -0.3 is 5.32 Å². The Balaban J connectivity index is 2.37. The molecule has 0 aromatic carbocycles. The standard InChI is InChI=1S/C12H23NO/c1-9-5-4-6-11(7-9)8-12(13-3)10(2)14/h9,11-13H,4-8H2,1-3H3.